The molecule has 1 amide bonds. The molecule has 3 rings (SSSR count). The summed E-state index contributed by atoms with van der Waals surface area (Å²) in [6.07, 6.45) is 3.26. The number of carbonyl (C=O) groups is 1. The highest BCUT2D eigenvalue weighted by molar-refractivity contribution is 5.91. The van der Waals surface area contributed by atoms with E-state index < -0.39 is 0 Å². The maximum atomic E-state index is 12.1. The SMILES string of the molecule is Cc1ccc([C@H]2OCCC[C@@H]2NC(=O)c2ccco2)cc1. The molecule has 1 fully saturated rings. The van der Waals surface area contributed by atoms with E-state index in [1.807, 2.05) is 0 Å². The van der Waals surface area contributed by atoms with Crippen molar-refractivity contribution in [3.05, 3.63) is 59.5 Å². The van der Waals surface area contributed by atoms with Crippen LogP contribution in [0.1, 0.15) is 40.6 Å². The van der Waals surface area contributed by atoms with Crippen LogP contribution in [-0.2, 0) is 4.74 Å². The summed E-state index contributed by atoms with van der Waals surface area (Å²) in [5, 5.41) is 3.03. The Morgan fingerprint density at radius 1 is 1.24 bits per heavy atom. The molecular formula is C17H19NO3. The van der Waals surface area contributed by atoms with Crippen molar-refractivity contribution < 1.29 is 13.9 Å². The third-order valence-electron chi connectivity index (χ3n) is 3.79. The Labute approximate surface area is 124 Å². The molecule has 1 aromatic heterocycles. The molecule has 2 heterocycles. The van der Waals surface area contributed by atoms with E-state index in [2.05, 4.69) is 36.5 Å². The van der Waals surface area contributed by atoms with Gasteiger partial charge in [-0.05, 0) is 37.5 Å². The van der Waals surface area contributed by atoms with E-state index in [-0.39, 0.29) is 18.1 Å². The van der Waals surface area contributed by atoms with Gasteiger partial charge in [-0.1, -0.05) is 29.8 Å². The number of furan rings is 1. The first-order chi connectivity index (χ1) is 10.2. The minimum Gasteiger partial charge on any atom is -0.459 e. The van der Waals surface area contributed by atoms with Crippen molar-refractivity contribution in [3.8, 4) is 0 Å². The molecule has 4 heteroatoms. The number of hydrogen-bond acceptors (Lipinski definition) is 3. The molecule has 0 radical (unpaired) electrons. The minimum absolute atomic E-state index is 0.0287. The van der Waals surface area contributed by atoms with Crippen LogP contribution in [0.25, 0.3) is 0 Å². The highest BCUT2D eigenvalue weighted by Crippen LogP contribution is 2.28. The lowest BCUT2D eigenvalue weighted by Gasteiger charge is -2.32. The number of carbonyl (C=O) groups excluding carboxylic acids is 1. The number of amides is 1. The molecule has 1 aromatic carbocycles. The van der Waals surface area contributed by atoms with Gasteiger partial charge in [0.25, 0.3) is 5.91 Å². The lowest BCUT2D eigenvalue weighted by atomic mass is 9.95. The summed E-state index contributed by atoms with van der Waals surface area (Å²) in [5.74, 6) is 0.149. The average Bonchev–Trinajstić information content (AvgIpc) is 3.03. The number of nitrogens with one attached hydrogen (secondary N) is 1. The van der Waals surface area contributed by atoms with Gasteiger partial charge in [0, 0.05) is 6.61 Å². The zero-order chi connectivity index (χ0) is 14.7. The topological polar surface area (TPSA) is 51.5 Å². The fraction of sp³-hybridized carbons (Fsp3) is 0.353. The van der Waals surface area contributed by atoms with Crippen LogP contribution in [-0.4, -0.2) is 18.6 Å². The van der Waals surface area contributed by atoms with Gasteiger partial charge in [-0.25, -0.2) is 0 Å². The molecule has 0 bridgehead atoms. The van der Waals surface area contributed by atoms with Crippen molar-refractivity contribution in [2.45, 2.75) is 31.9 Å². The molecule has 21 heavy (non-hydrogen) atoms. The van der Waals surface area contributed by atoms with Gasteiger partial charge >= 0.3 is 0 Å². The van der Waals surface area contributed by atoms with E-state index in [1.165, 1.54) is 11.8 Å². The van der Waals surface area contributed by atoms with Crippen molar-refractivity contribution >= 4 is 5.91 Å². The summed E-state index contributed by atoms with van der Waals surface area (Å²) in [5.41, 5.74) is 2.32. The fourth-order valence-electron chi connectivity index (χ4n) is 2.66. The van der Waals surface area contributed by atoms with Crippen molar-refractivity contribution in [3.63, 3.8) is 0 Å². The highest BCUT2D eigenvalue weighted by atomic mass is 16.5. The Morgan fingerprint density at radius 2 is 2.05 bits per heavy atom. The van der Waals surface area contributed by atoms with Crippen LogP contribution >= 0.6 is 0 Å². The lowest BCUT2D eigenvalue weighted by Crippen LogP contribution is -2.42. The van der Waals surface area contributed by atoms with E-state index in [0.717, 1.165) is 25.0 Å². The van der Waals surface area contributed by atoms with Crippen LogP contribution < -0.4 is 5.32 Å². The summed E-state index contributed by atoms with van der Waals surface area (Å²) in [4.78, 5) is 12.1. The van der Waals surface area contributed by atoms with E-state index >= 15 is 0 Å². The maximum absolute atomic E-state index is 12.1. The summed E-state index contributed by atoms with van der Waals surface area (Å²) >= 11 is 0. The molecule has 2 aromatic rings. The molecule has 0 saturated carbocycles. The van der Waals surface area contributed by atoms with Crippen LogP contribution in [0.4, 0.5) is 0 Å². The minimum atomic E-state index is -0.187. The molecule has 0 spiro atoms. The second kappa shape index (κ2) is 6.14. The summed E-state index contributed by atoms with van der Waals surface area (Å²) in [7, 11) is 0. The Hall–Kier alpha value is -2.07. The Balaban J connectivity index is 1.75. The number of benzene rings is 1. The Morgan fingerprint density at radius 3 is 2.76 bits per heavy atom. The summed E-state index contributed by atoms with van der Waals surface area (Å²) in [6.45, 7) is 2.79. The molecule has 2 atom stereocenters. The molecule has 0 unspecified atom stereocenters. The predicted molar refractivity (Wildman–Crippen MR) is 79.1 cm³/mol. The van der Waals surface area contributed by atoms with Crippen molar-refractivity contribution in [1.82, 2.24) is 5.32 Å². The maximum Gasteiger partial charge on any atom is 0.287 e. The summed E-state index contributed by atoms with van der Waals surface area (Å²) < 4.78 is 11.0. The molecule has 110 valence electrons. The van der Waals surface area contributed by atoms with E-state index in [9.17, 15) is 4.79 Å². The van der Waals surface area contributed by atoms with Crippen molar-refractivity contribution in [1.29, 1.82) is 0 Å². The van der Waals surface area contributed by atoms with Gasteiger partial charge in [0.15, 0.2) is 5.76 Å². The second-order valence-corrected chi connectivity index (χ2v) is 5.40. The van der Waals surface area contributed by atoms with E-state index in [1.54, 1.807) is 12.1 Å². The van der Waals surface area contributed by atoms with Crippen molar-refractivity contribution in [2.75, 3.05) is 6.61 Å². The fourth-order valence-corrected chi connectivity index (χ4v) is 2.66. The molecular weight excluding hydrogens is 266 g/mol. The quantitative estimate of drug-likeness (QED) is 0.942. The smallest absolute Gasteiger partial charge is 0.287 e. The Bertz CT molecular complexity index is 589. The zero-order valence-electron chi connectivity index (χ0n) is 12.0. The molecule has 1 saturated heterocycles. The Kier molecular flexibility index (Phi) is 4.06. The van der Waals surface area contributed by atoms with Crippen LogP contribution in [0.2, 0.25) is 0 Å². The van der Waals surface area contributed by atoms with Gasteiger partial charge in [-0.15, -0.1) is 0 Å². The predicted octanol–water partition coefficient (Wildman–Crippen LogP) is 3.24. The summed E-state index contributed by atoms with van der Waals surface area (Å²) in [6, 6.07) is 11.6. The second-order valence-electron chi connectivity index (χ2n) is 5.40. The molecule has 1 aliphatic rings. The number of aryl methyl sites for hydroxylation is 1. The van der Waals surface area contributed by atoms with Crippen LogP contribution in [0, 0.1) is 6.92 Å². The first kappa shape index (κ1) is 13.9. The molecule has 0 aliphatic carbocycles. The number of rotatable bonds is 3. The molecule has 1 N–H and O–H groups in total. The van der Waals surface area contributed by atoms with Gasteiger partial charge in [0.2, 0.25) is 0 Å². The van der Waals surface area contributed by atoms with Crippen LogP contribution in [0.5, 0.6) is 0 Å². The van der Waals surface area contributed by atoms with E-state index in [0.29, 0.717) is 5.76 Å². The lowest BCUT2D eigenvalue weighted by molar-refractivity contribution is -0.00973. The third kappa shape index (κ3) is 3.16. The first-order valence-corrected chi connectivity index (χ1v) is 7.26. The highest BCUT2D eigenvalue weighted by Gasteiger charge is 2.29. The van der Waals surface area contributed by atoms with Gasteiger partial charge in [0.1, 0.15) is 6.10 Å². The standard InChI is InChI=1S/C17H19NO3/c1-12-6-8-13(9-7-12)16-14(4-2-11-21-16)18-17(19)15-5-3-10-20-15/h3,5-10,14,16H,2,4,11H2,1H3,(H,18,19)/t14-,16+/m0/s1. The first-order valence-electron chi connectivity index (χ1n) is 7.26. The monoisotopic (exact) mass is 285 g/mol. The van der Waals surface area contributed by atoms with E-state index in [4.69, 9.17) is 9.15 Å². The zero-order valence-corrected chi connectivity index (χ0v) is 12.0. The molecule has 1 aliphatic heterocycles. The number of ether oxygens (including phenoxy) is 1. The van der Waals surface area contributed by atoms with Crippen LogP contribution in [0.3, 0.4) is 0 Å². The average molecular weight is 285 g/mol. The van der Waals surface area contributed by atoms with Gasteiger partial charge < -0.3 is 14.5 Å². The number of hydrogen-bond donors (Lipinski definition) is 1. The van der Waals surface area contributed by atoms with Crippen LogP contribution in [0.15, 0.2) is 47.1 Å². The third-order valence-corrected chi connectivity index (χ3v) is 3.79. The largest absolute Gasteiger partial charge is 0.459 e. The van der Waals surface area contributed by atoms with Crippen molar-refractivity contribution in [2.24, 2.45) is 0 Å². The van der Waals surface area contributed by atoms with Gasteiger partial charge in [-0.2, -0.15) is 0 Å². The van der Waals surface area contributed by atoms with Gasteiger partial charge in [-0.3, -0.25) is 4.79 Å². The molecule has 4 nitrogen and oxygen atoms in total. The van der Waals surface area contributed by atoms with Gasteiger partial charge in [0.05, 0.1) is 12.3 Å². The normalized spacial score (nSPS) is 22.0.